The van der Waals surface area contributed by atoms with Crippen LogP contribution in [0.4, 0.5) is 0 Å². The number of rotatable bonds is 4. The Bertz CT molecular complexity index is 589. The van der Waals surface area contributed by atoms with Crippen LogP contribution in [-0.4, -0.2) is 31.9 Å². The molecule has 0 bridgehead atoms. The van der Waals surface area contributed by atoms with Gasteiger partial charge >= 0.3 is 5.97 Å². The topological polar surface area (TPSA) is 108 Å². The second-order valence-corrected chi connectivity index (χ2v) is 4.78. The number of amides is 1. The van der Waals surface area contributed by atoms with E-state index >= 15 is 0 Å². The molecule has 0 unspecified atom stereocenters. The first-order valence-electron chi connectivity index (χ1n) is 5.04. The van der Waals surface area contributed by atoms with E-state index in [1.54, 1.807) is 6.20 Å². The number of aromatic amines is 1. The Morgan fingerprint density at radius 3 is 2.89 bits per heavy atom. The summed E-state index contributed by atoms with van der Waals surface area (Å²) in [7, 11) is 0. The van der Waals surface area contributed by atoms with Crippen LogP contribution in [0, 0.1) is 6.92 Å². The zero-order chi connectivity index (χ0) is 13.1. The van der Waals surface area contributed by atoms with Crippen molar-refractivity contribution >= 4 is 23.2 Å². The monoisotopic (exact) mass is 266 g/mol. The van der Waals surface area contributed by atoms with E-state index in [4.69, 9.17) is 5.11 Å². The molecule has 94 valence electrons. The van der Waals surface area contributed by atoms with Crippen LogP contribution in [0.2, 0.25) is 0 Å². The lowest BCUT2D eigenvalue weighted by atomic mass is 10.3. The minimum atomic E-state index is -1.22. The highest BCUT2D eigenvalue weighted by atomic mass is 32.1. The predicted molar refractivity (Wildman–Crippen MR) is 63.6 cm³/mol. The summed E-state index contributed by atoms with van der Waals surface area (Å²) in [5.74, 6) is -1.74. The van der Waals surface area contributed by atoms with Gasteiger partial charge in [0.15, 0.2) is 11.4 Å². The number of aryl methyl sites for hydroxylation is 1. The molecule has 0 fully saturated rings. The van der Waals surface area contributed by atoms with Crippen molar-refractivity contribution in [1.29, 1.82) is 0 Å². The van der Waals surface area contributed by atoms with Gasteiger partial charge in [-0.1, -0.05) is 0 Å². The number of carboxylic acid groups (broad SMARTS) is 1. The third kappa shape index (κ3) is 2.54. The number of aromatic nitrogens is 3. The van der Waals surface area contributed by atoms with Crippen molar-refractivity contribution in [3.8, 4) is 0 Å². The minimum Gasteiger partial charge on any atom is -0.477 e. The number of H-pyrrole nitrogens is 1. The second kappa shape index (κ2) is 4.96. The molecule has 7 nitrogen and oxygen atoms in total. The van der Waals surface area contributed by atoms with Crippen molar-refractivity contribution in [1.82, 2.24) is 20.3 Å². The van der Waals surface area contributed by atoms with E-state index in [0.717, 1.165) is 9.88 Å². The summed E-state index contributed by atoms with van der Waals surface area (Å²) < 4.78 is 0. The smallest absolute Gasteiger partial charge is 0.354 e. The first-order valence-corrected chi connectivity index (χ1v) is 5.85. The van der Waals surface area contributed by atoms with Gasteiger partial charge < -0.3 is 15.4 Å². The van der Waals surface area contributed by atoms with Gasteiger partial charge in [-0.2, -0.15) is 0 Å². The van der Waals surface area contributed by atoms with Gasteiger partial charge in [-0.3, -0.25) is 4.79 Å². The molecule has 3 N–H and O–H groups in total. The number of nitrogens with one attached hydrogen (secondary N) is 2. The fraction of sp³-hybridized carbons (Fsp3) is 0.200. The number of carbonyl (C=O) groups is 2. The van der Waals surface area contributed by atoms with Crippen molar-refractivity contribution < 1.29 is 14.7 Å². The van der Waals surface area contributed by atoms with Gasteiger partial charge in [-0.05, 0) is 6.92 Å². The lowest BCUT2D eigenvalue weighted by Crippen LogP contribution is -2.24. The number of nitrogens with zero attached hydrogens (tertiary/aromatic N) is 2. The van der Waals surface area contributed by atoms with E-state index in [-0.39, 0.29) is 11.4 Å². The summed E-state index contributed by atoms with van der Waals surface area (Å²) in [5.41, 5.74) is -0.336. The molecule has 0 aliphatic rings. The summed E-state index contributed by atoms with van der Waals surface area (Å²) >= 11 is 1.47. The molecule has 18 heavy (non-hydrogen) atoms. The summed E-state index contributed by atoms with van der Waals surface area (Å²) in [6, 6.07) is 0. The standard InChI is InChI=1S/C10H10N4O3S/c1-5-11-2-6(18-5)3-12-9(15)7-8(10(16)17)14-4-13-7/h2,4H,3H2,1H3,(H,12,15)(H,13,14)(H,16,17). The van der Waals surface area contributed by atoms with Crippen LogP contribution in [0.25, 0.3) is 0 Å². The van der Waals surface area contributed by atoms with E-state index in [9.17, 15) is 9.59 Å². The van der Waals surface area contributed by atoms with Crippen LogP contribution in [-0.2, 0) is 6.54 Å². The average molecular weight is 266 g/mol. The van der Waals surface area contributed by atoms with Gasteiger partial charge in [0.2, 0.25) is 0 Å². The fourth-order valence-electron chi connectivity index (χ4n) is 1.37. The molecule has 0 aliphatic carbocycles. The van der Waals surface area contributed by atoms with Crippen molar-refractivity contribution in [2.45, 2.75) is 13.5 Å². The Morgan fingerprint density at radius 2 is 2.28 bits per heavy atom. The van der Waals surface area contributed by atoms with Crippen molar-refractivity contribution in [2.24, 2.45) is 0 Å². The fourth-order valence-corrected chi connectivity index (χ4v) is 2.10. The number of hydrogen-bond donors (Lipinski definition) is 3. The largest absolute Gasteiger partial charge is 0.477 e. The van der Waals surface area contributed by atoms with Crippen LogP contribution in [0.15, 0.2) is 12.5 Å². The molecular weight excluding hydrogens is 256 g/mol. The van der Waals surface area contributed by atoms with Gasteiger partial charge in [0, 0.05) is 11.1 Å². The number of carbonyl (C=O) groups excluding carboxylic acids is 1. The van der Waals surface area contributed by atoms with Crippen molar-refractivity contribution in [3.05, 3.63) is 33.8 Å². The molecule has 2 aromatic heterocycles. The van der Waals surface area contributed by atoms with Crippen molar-refractivity contribution in [3.63, 3.8) is 0 Å². The Labute approximate surface area is 106 Å². The average Bonchev–Trinajstić information content (AvgIpc) is 2.94. The number of aromatic carboxylic acids is 1. The molecule has 0 radical (unpaired) electrons. The highest BCUT2D eigenvalue weighted by Gasteiger charge is 2.19. The Morgan fingerprint density at radius 1 is 1.50 bits per heavy atom. The molecule has 0 spiro atoms. The van der Waals surface area contributed by atoms with E-state index < -0.39 is 11.9 Å². The highest BCUT2D eigenvalue weighted by molar-refractivity contribution is 7.11. The summed E-state index contributed by atoms with van der Waals surface area (Å²) in [6.07, 6.45) is 2.85. The molecule has 2 rings (SSSR count). The second-order valence-electron chi connectivity index (χ2n) is 3.46. The molecule has 0 aromatic carbocycles. The first kappa shape index (κ1) is 12.2. The zero-order valence-corrected chi connectivity index (χ0v) is 10.2. The van der Waals surface area contributed by atoms with E-state index in [1.807, 2.05) is 6.92 Å². The molecule has 0 saturated carbocycles. The lowest BCUT2D eigenvalue weighted by Gasteiger charge is -2.01. The SMILES string of the molecule is Cc1ncc(CNC(=O)c2nc[nH]c2C(=O)O)s1. The Kier molecular flexibility index (Phi) is 3.38. The molecule has 1 amide bonds. The third-order valence-electron chi connectivity index (χ3n) is 2.16. The zero-order valence-electron chi connectivity index (χ0n) is 9.43. The highest BCUT2D eigenvalue weighted by Crippen LogP contribution is 2.11. The molecule has 8 heteroatoms. The predicted octanol–water partition coefficient (Wildman–Crippen LogP) is 0.803. The van der Waals surface area contributed by atoms with Crippen LogP contribution < -0.4 is 5.32 Å². The summed E-state index contributed by atoms with van der Waals surface area (Å²) in [4.78, 5) is 33.6. The van der Waals surface area contributed by atoms with Gasteiger partial charge in [0.25, 0.3) is 5.91 Å². The number of carboxylic acids is 1. The maximum atomic E-state index is 11.7. The van der Waals surface area contributed by atoms with Crippen LogP contribution in [0.1, 0.15) is 30.9 Å². The number of imidazole rings is 1. The van der Waals surface area contributed by atoms with E-state index in [2.05, 4.69) is 20.3 Å². The molecule has 0 aliphatic heterocycles. The summed E-state index contributed by atoms with van der Waals surface area (Å²) in [6.45, 7) is 2.17. The molecule has 2 aromatic rings. The Balaban J connectivity index is 2.04. The van der Waals surface area contributed by atoms with Gasteiger partial charge in [-0.25, -0.2) is 14.8 Å². The van der Waals surface area contributed by atoms with Crippen LogP contribution >= 0.6 is 11.3 Å². The molecule has 0 saturated heterocycles. The number of thiazole rings is 1. The van der Waals surface area contributed by atoms with Gasteiger partial charge in [0.1, 0.15) is 0 Å². The first-order chi connectivity index (χ1) is 8.58. The van der Waals surface area contributed by atoms with E-state index in [1.165, 1.54) is 17.7 Å². The molecule has 2 heterocycles. The van der Waals surface area contributed by atoms with E-state index in [0.29, 0.717) is 6.54 Å². The van der Waals surface area contributed by atoms with Crippen molar-refractivity contribution in [2.75, 3.05) is 0 Å². The maximum Gasteiger partial charge on any atom is 0.354 e. The quantitative estimate of drug-likeness (QED) is 0.758. The molecular formula is C10H10N4O3S. The third-order valence-corrected chi connectivity index (χ3v) is 3.07. The van der Waals surface area contributed by atoms with Crippen LogP contribution in [0.3, 0.4) is 0 Å². The summed E-state index contributed by atoms with van der Waals surface area (Å²) in [5, 5.41) is 12.3. The Hall–Kier alpha value is -2.22. The number of hydrogen-bond acceptors (Lipinski definition) is 5. The normalized spacial score (nSPS) is 10.3. The minimum absolute atomic E-state index is 0.122. The lowest BCUT2D eigenvalue weighted by molar-refractivity contribution is 0.0685. The maximum absolute atomic E-state index is 11.7. The van der Waals surface area contributed by atoms with Crippen LogP contribution in [0.5, 0.6) is 0 Å². The van der Waals surface area contributed by atoms with Gasteiger partial charge in [0.05, 0.1) is 17.9 Å². The molecule has 0 atom stereocenters. The van der Waals surface area contributed by atoms with Gasteiger partial charge in [-0.15, -0.1) is 11.3 Å².